The van der Waals surface area contributed by atoms with Crippen LogP contribution in [0.2, 0.25) is 0 Å². The molecule has 0 unspecified atom stereocenters. The van der Waals surface area contributed by atoms with E-state index in [1.54, 1.807) is 11.2 Å². The molecule has 10 nitrogen and oxygen atoms in total. The number of H-pyrrole nitrogens is 1. The van der Waals surface area contributed by atoms with E-state index in [0.717, 1.165) is 28.5 Å². The highest BCUT2D eigenvalue weighted by Crippen LogP contribution is 2.34. The van der Waals surface area contributed by atoms with Crippen LogP contribution < -0.4 is 0 Å². The van der Waals surface area contributed by atoms with Crippen molar-refractivity contribution >= 4 is 16.8 Å². The molecule has 0 radical (unpaired) electrons. The van der Waals surface area contributed by atoms with Gasteiger partial charge in [0.2, 0.25) is 0 Å². The number of halogens is 3. The van der Waals surface area contributed by atoms with Crippen molar-refractivity contribution in [1.29, 1.82) is 0 Å². The fourth-order valence-corrected chi connectivity index (χ4v) is 4.33. The first-order chi connectivity index (χ1) is 17.4. The van der Waals surface area contributed by atoms with Crippen molar-refractivity contribution in [2.45, 2.75) is 25.2 Å². The Morgan fingerprint density at radius 1 is 1.17 bits per heavy atom. The zero-order valence-corrected chi connectivity index (χ0v) is 18.5. The molecular weight excluding hydrogens is 477 g/mol. The van der Waals surface area contributed by atoms with Crippen LogP contribution in [0.3, 0.4) is 0 Å². The van der Waals surface area contributed by atoms with Gasteiger partial charge in [-0.25, -0.2) is 4.98 Å². The summed E-state index contributed by atoms with van der Waals surface area (Å²) in [5, 5.41) is 12.3. The third kappa shape index (κ3) is 3.97. The Morgan fingerprint density at radius 3 is 2.89 bits per heavy atom. The number of hydrogen-bond donors (Lipinski definition) is 1. The van der Waals surface area contributed by atoms with Gasteiger partial charge in [0.05, 0.1) is 40.7 Å². The van der Waals surface area contributed by atoms with Gasteiger partial charge in [-0.15, -0.1) is 10.2 Å². The summed E-state index contributed by atoms with van der Waals surface area (Å²) in [6.45, 7) is -0.926. The number of rotatable bonds is 4. The minimum atomic E-state index is -4.43. The minimum absolute atomic E-state index is 0.105. The molecular formula is C23H17F3N8O2. The van der Waals surface area contributed by atoms with Crippen molar-refractivity contribution in [3.63, 3.8) is 0 Å². The summed E-state index contributed by atoms with van der Waals surface area (Å²) < 4.78 is 44.2. The van der Waals surface area contributed by atoms with Gasteiger partial charge in [-0.05, 0) is 12.1 Å². The van der Waals surface area contributed by atoms with Gasteiger partial charge in [0.15, 0.2) is 0 Å². The van der Waals surface area contributed by atoms with Crippen LogP contribution in [0.1, 0.15) is 33.8 Å². The molecule has 6 rings (SSSR count). The number of carbonyl (C=O) groups is 1. The first kappa shape index (κ1) is 21.9. The van der Waals surface area contributed by atoms with Crippen LogP contribution in [0, 0.1) is 0 Å². The molecule has 1 N–H and O–H groups in total. The molecule has 182 valence electrons. The lowest BCUT2D eigenvalue weighted by atomic mass is 9.98. The summed E-state index contributed by atoms with van der Waals surface area (Å²) in [6.07, 6.45) is -0.0251. The van der Waals surface area contributed by atoms with Gasteiger partial charge in [0, 0.05) is 24.5 Å². The Bertz CT molecular complexity index is 1570. The normalized spacial score (nSPS) is 15.9. The van der Waals surface area contributed by atoms with Crippen molar-refractivity contribution < 1.29 is 22.4 Å². The topological polar surface area (TPSA) is 119 Å². The summed E-state index contributed by atoms with van der Waals surface area (Å²) in [4.78, 5) is 27.4. The number of carbonyl (C=O) groups excluding carboxylic acids is 1. The molecule has 0 bridgehead atoms. The van der Waals surface area contributed by atoms with Crippen LogP contribution >= 0.6 is 0 Å². The quantitative estimate of drug-likeness (QED) is 0.406. The number of alkyl halides is 3. The third-order valence-corrected chi connectivity index (χ3v) is 5.92. The second kappa shape index (κ2) is 8.29. The van der Waals surface area contributed by atoms with E-state index < -0.39 is 24.7 Å². The molecule has 0 saturated carbocycles. The Labute approximate surface area is 200 Å². The van der Waals surface area contributed by atoms with E-state index in [9.17, 15) is 18.0 Å². The molecule has 0 aliphatic carbocycles. The van der Waals surface area contributed by atoms with Gasteiger partial charge in [-0.1, -0.05) is 24.3 Å². The minimum Gasteiger partial charge on any atom is -0.412 e. The number of hydrogen-bond acceptors (Lipinski definition) is 7. The number of amides is 1. The predicted octanol–water partition coefficient (Wildman–Crippen LogP) is 3.55. The molecule has 1 aromatic carbocycles. The van der Waals surface area contributed by atoms with Crippen molar-refractivity contribution in [1.82, 2.24) is 39.8 Å². The lowest BCUT2D eigenvalue weighted by Gasteiger charge is -2.33. The van der Waals surface area contributed by atoms with E-state index in [-0.39, 0.29) is 17.3 Å². The van der Waals surface area contributed by atoms with Crippen LogP contribution in [0.4, 0.5) is 13.2 Å². The van der Waals surface area contributed by atoms with Gasteiger partial charge >= 0.3 is 18.0 Å². The number of fused-ring (bicyclic) bond motifs is 2. The van der Waals surface area contributed by atoms with Crippen molar-refractivity contribution in [2.24, 2.45) is 0 Å². The maximum atomic E-state index is 13.5. The number of para-hydroxylation sites is 1. The van der Waals surface area contributed by atoms with E-state index in [2.05, 4.69) is 25.3 Å². The van der Waals surface area contributed by atoms with Gasteiger partial charge in [-0.3, -0.25) is 14.5 Å². The number of nitrogens with zero attached hydrogens (tertiary/aromatic N) is 7. The Morgan fingerprint density at radius 2 is 2.03 bits per heavy atom. The molecule has 5 aromatic rings. The van der Waals surface area contributed by atoms with Crippen LogP contribution in [-0.2, 0) is 13.0 Å². The second-order valence-corrected chi connectivity index (χ2v) is 8.30. The Balaban J connectivity index is 1.32. The van der Waals surface area contributed by atoms with Crippen LogP contribution in [0.25, 0.3) is 22.4 Å². The number of aromatic amines is 1. The average molecular weight is 494 g/mol. The average Bonchev–Trinajstić information content (AvgIpc) is 3.62. The van der Waals surface area contributed by atoms with Gasteiger partial charge < -0.3 is 14.3 Å². The highest BCUT2D eigenvalue weighted by atomic mass is 19.4. The summed E-state index contributed by atoms with van der Waals surface area (Å²) in [7, 11) is 0. The molecule has 1 amide bonds. The molecule has 13 heteroatoms. The predicted molar refractivity (Wildman–Crippen MR) is 118 cm³/mol. The van der Waals surface area contributed by atoms with Crippen molar-refractivity contribution in [3.8, 4) is 11.5 Å². The van der Waals surface area contributed by atoms with E-state index in [4.69, 9.17) is 9.40 Å². The zero-order chi connectivity index (χ0) is 24.9. The molecule has 1 aliphatic heterocycles. The summed E-state index contributed by atoms with van der Waals surface area (Å²) >= 11 is 0. The highest BCUT2D eigenvalue weighted by molar-refractivity contribution is 5.90. The lowest BCUT2D eigenvalue weighted by molar-refractivity contribution is -0.142. The standard InChI is InChI=1S/C23H17F3N8O2/c24-23(25,26)11-33-10-14(9-29-33)20-31-32-21(36-20)22(35)34-8-7-16-18(28-12-27-16)19(34)17-6-5-13-3-1-2-4-15(13)30-17/h1-6,9-10,12,19H,7-8,11H2,(H,27,28)/t19-/m1/s1. The number of pyridine rings is 1. The number of benzene rings is 1. The summed E-state index contributed by atoms with van der Waals surface area (Å²) in [5.41, 5.74) is 3.17. The third-order valence-electron chi connectivity index (χ3n) is 5.92. The first-order valence-electron chi connectivity index (χ1n) is 11.0. The van der Waals surface area contributed by atoms with Gasteiger partial charge in [0.1, 0.15) is 12.6 Å². The maximum Gasteiger partial charge on any atom is 0.408 e. The molecule has 36 heavy (non-hydrogen) atoms. The van der Waals surface area contributed by atoms with Crippen LogP contribution in [0.5, 0.6) is 0 Å². The smallest absolute Gasteiger partial charge is 0.408 e. The molecule has 1 aliphatic rings. The lowest BCUT2D eigenvalue weighted by Crippen LogP contribution is -2.41. The number of aromatic nitrogens is 7. The van der Waals surface area contributed by atoms with E-state index in [0.29, 0.717) is 23.3 Å². The maximum absolute atomic E-state index is 13.5. The molecule has 0 saturated heterocycles. The van der Waals surface area contributed by atoms with Crippen molar-refractivity contribution in [2.75, 3.05) is 6.54 Å². The molecule has 1 atom stereocenters. The number of imidazole rings is 1. The van der Waals surface area contributed by atoms with E-state index in [1.807, 2.05) is 36.4 Å². The number of nitrogens with one attached hydrogen (secondary N) is 1. The Kier molecular flexibility index (Phi) is 5.05. The molecule has 0 spiro atoms. The van der Waals surface area contributed by atoms with Gasteiger partial charge in [-0.2, -0.15) is 18.3 Å². The largest absolute Gasteiger partial charge is 0.412 e. The summed E-state index contributed by atoms with van der Waals surface area (Å²) in [5.74, 6) is -0.926. The van der Waals surface area contributed by atoms with Gasteiger partial charge in [0.25, 0.3) is 5.89 Å². The zero-order valence-electron chi connectivity index (χ0n) is 18.5. The molecule has 4 aromatic heterocycles. The fraction of sp³-hybridized carbons (Fsp3) is 0.217. The van der Waals surface area contributed by atoms with Crippen molar-refractivity contribution in [3.05, 3.63) is 78.1 Å². The van der Waals surface area contributed by atoms with Crippen LogP contribution in [0.15, 0.2) is 59.5 Å². The monoisotopic (exact) mass is 494 g/mol. The van der Waals surface area contributed by atoms with E-state index >= 15 is 0 Å². The second-order valence-electron chi connectivity index (χ2n) is 8.30. The Hall–Kier alpha value is -4.55. The first-order valence-corrected chi connectivity index (χ1v) is 11.0. The van der Waals surface area contributed by atoms with Crippen LogP contribution in [-0.4, -0.2) is 58.5 Å². The fourth-order valence-electron chi connectivity index (χ4n) is 4.33. The highest BCUT2D eigenvalue weighted by Gasteiger charge is 2.37. The molecule has 5 heterocycles. The molecule has 0 fully saturated rings. The van der Waals surface area contributed by atoms with E-state index in [1.165, 1.54) is 6.20 Å². The summed E-state index contributed by atoms with van der Waals surface area (Å²) in [6, 6.07) is 10.9. The SMILES string of the molecule is O=C(c1nnc(-c2cnn(CC(F)(F)F)c2)o1)N1CCc2nc[nH]c2[C@H]1c1ccc2ccccc2n1.